The second kappa shape index (κ2) is 6.78. The quantitative estimate of drug-likeness (QED) is 0.908. The maximum atomic E-state index is 4.58. The largest absolute Gasteiger partial charge is 0.357 e. The molecule has 1 aromatic rings. The van der Waals surface area contributed by atoms with Gasteiger partial charge in [-0.3, -0.25) is 0 Å². The van der Waals surface area contributed by atoms with Gasteiger partial charge in [-0.1, -0.05) is 6.92 Å². The molecule has 1 saturated carbocycles. The molecule has 0 aliphatic heterocycles. The zero-order chi connectivity index (χ0) is 15.5. The highest BCUT2D eigenvalue weighted by molar-refractivity contribution is 5.41. The fourth-order valence-corrected chi connectivity index (χ4v) is 2.95. The predicted molar refractivity (Wildman–Crippen MR) is 90.7 cm³/mol. The molecular formula is C18H31N3. The summed E-state index contributed by atoms with van der Waals surface area (Å²) in [5, 5.41) is 3.54. The van der Waals surface area contributed by atoms with Gasteiger partial charge in [0.05, 0.1) is 0 Å². The minimum atomic E-state index is 0.148. The van der Waals surface area contributed by atoms with Gasteiger partial charge in [0.15, 0.2) is 0 Å². The average Bonchev–Trinajstić information content (AvgIpc) is 2.45. The number of nitrogens with zero attached hydrogens (tertiary/aromatic N) is 2. The first-order chi connectivity index (χ1) is 9.85. The summed E-state index contributed by atoms with van der Waals surface area (Å²) in [6.07, 6.45) is 7.23. The van der Waals surface area contributed by atoms with Crippen molar-refractivity contribution in [2.75, 3.05) is 11.9 Å². The summed E-state index contributed by atoms with van der Waals surface area (Å²) >= 11 is 0. The van der Waals surface area contributed by atoms with Crippen molar-refractivity contribution in [3.8, 4) is 0 Å². The summed E-state index contributed by atoms with van der Waals surface area (Å²) in [6.45, 7) is 9.86. The smallest absolute Gasteiger partial charge is 0.128 e. The van der Waals surface area contributed by atoms with E-state index < -0.39 is 0 Å². The van der Waals surface area contributed by atoms with Crippen LogP contribution < -0.4 is 10.2 Å². The number of anilines is 1. The van der Waals surface area contributed by atoms with Gasteiger partial charge in [0.2, 0.25) is 0 Å². The van der Waals surface area contributed by atoms with Crippen molar-refractivity contribution in [3.63, 3.8) is 0 Å². The molecule has 0 radical (unpaired) electrons. The van der Waals surface area contributed by atoms with Gasteiger partial charge in [-0.15, -0.1) is 0 Å². The Balaban J connectivity index is 1.99. The summed E-state index contributed by atoms with van der Waals surface area (Å²) in [4.78, 5) is 6.96. The van der Waals surface area contributed by atoms with Crippen LogP contribution >= 0.6 is 0 Å². The topological polar surface area (TPSA) is 28.2 Å². The second-order valence-corrected chi connectivity index (χ2v) is 7.65. The van der Waals surface area contributed by atoms with Crippen LogP contribution in [0.5, 0.6) is 0 Å². The second-order valence-electron chi connectivity index (χ2n) is 7.65. The van der Waals surface area contributed by atoms with Crippen LogP contribution in [-0.2, 0) is 6.54 Å². The molecular weight excluding hydrogens is 258 g/mol. The van der Waals surface area contributed by atoms with Crippen molar-refractivity contribution >= 4 is 5.82 Å². The van der Waals surface area contributed by atoms with E-state index in [-0.39, 0.29) is 5.54 Å². The van der Waals surface area contributed by atoms with Crippen LogP contribution in [-0.4, -0.2) is 23.6 Å². The number of nitrogens with one attached hydrogen (secondary N) is 1. The average molecular weight is 289 g/mol. The lowest BCUT2D eigenvalue weighted by Gasteiger charge is -2.34. The van der Waals surface area contributed by atoms with Gasteiger partial charge in [0.25, 0.3) is 0 Å². The normalized spacial score (nSPS) is 23.1. The van der Waals surface area contributed by atoms with Crippen LogP contribution in [0, 0.1) is 5.92 Å². The van der Waals surface area contributed by atoms with Gasteiger partial charge in [0.1, 0.15) is 5.82 Å². The van der Waals surface area contributed by atoms with Crippen molar-refractivity contribution in [2.45, 2.75) is 71.5 Å². The fourth-order valence-electron chi connectivity index (χ4n) is 2.95. The molecule has 1 aliphatic carbocycles. The van der Waals surface area contributed by atoms with Crippen LogP contribution in [0.4, 0.5) is 5.82 Å². The molecule has 0 unspecified atom stereocenters. The van der Waals surface area contributed by atoms with Gasteiger partial charge in [-0.2, -0.15) is 0 Å². The Kier molecular flexibility index (Phi) is 5.26. The highest BCUT2D eigenvalue weighted by atomic mass is 15.2. The number of pyridine rings is 1. The van der Waals surface area contributed by atoms with Crippen LogP contribution in [0.1, 0.15) is 58.9 Å². The highest BCUT2D eigenvalue weighted by Crippen LogP contribution is 2.28. The minimum Gasteiger partial charge on any atom is -0.357 e. The van der Waals surface area contributed by atoms with E-state index >= 15 is 0 Å². The lowest BCUT2D eigenvalue weighted by Crippen LogP contribution is -2.36. The zero-order valence-corrected chi connectivity index (χ0v) is 14.3. The number of aromatic nitrogens is 1. The summed E-state index contributed by atoms with van der Waals surface area (Å²) in [5.74, 6) is 2.01. The van der Waals surface area contributed by atoms with Crippen molar-refractivity contribution in [2.24, 2.45) is 5.92 Å². The van der Waals surface area contributed by atoms with Gasteiger partial charge >= 0.3 is 0 Å². The summed E-state index contributed by atoms with van der Waals surface area (Å²) in [6, 6.07) is 5.00. The maximum Gasteiger partial charge on any atom is 0.128 e. The number of hydrogen-bond acceptors (Lipinski definition) is 3. The summed E-state index contributed by atoms with van der Waals surface area (Å²) in [5.41, 5.74) is 1.46. The van der Waals surface area contributed by atoms with Gasteiger partial charge in [-0.05, 0) is 70.1 Å². The molecule has 1 fully saturated rings. The molecule has 0 aromatic carbocycles. The first kappa shape index (κ1) is 16.3. The van der Waals surface area contributed by atoms with Gasteiger partial charge in [-0.25, -0.2) is 4.98 Å². The molecule has 1 aliphatic rings. The molecule has 3 heteroatoms. The molecule has 0 spiro atoms. The minimum absolute atomic E-state index is 0.148. The molecule has 0 atom stereocenters. The van der Waals surface area contributed by atoms with Gasteiger partial charge < -0.3 is 10.2 Å². The van der Waals surface area contributed by atoms with Crippen molar-refractivity contribution in [1.29, 1.82) is 0 Å². The monoisotopic (exact) mass is 289 g/mol. The molecule has 0 amide bonds. The third-order valence-corrected chi connectivity index (χ3v) is 4.53. The Hall–Kier alpha value is -1.09. The van der Waals surface area contributed by atoms with E-state index in [1.165, 1.54) is 31.2 Å². The molecule has 0 bridgehead atoms. The van der Waals surface area contributed by atoms with E-state index in [0.29, 0.717) is 6.04 Å². The molecule has 1 N–H and O–H groups in total. The van der Waals surface area contributed by atoms with E-state index in [2.05, 4.69) is 62.1 Å². The molecule has 3 nitrogen and oxygen atoms in total. The molecule has 0 saturated heterocycles. The van der Waals surface area contributed by atoms with Crippen LogP contribution in [0.2, 0.25) is 0 Å². The van der Waals surface area contributed by atoms with Crippen LogP contribution in [0.3, 0.4) is 0 Å². The van der Waals surface area contributed by atoms with Crippen LogP contribution in [0.15, 0.2) is 18.3 Å². The third-order valence-electron chi connectivity index (χ3n) is 4.53. The Bertz CT molecular complexity index is 442. The Morgan fingerprint density at radius 3 is 2.52 bits per heavy atom. The Morgan fingerprint density at radius 2 is 1.90 bits per heavy atom. The zero-order valence-electron chi connectivity index (χ0n) is 14.3. The molecule has 2 rings (SSSR count). The first-order valence-corrected chi connectivity index (χ1v) is 8.28. The summed E-state index contributed by atoms with van der Waals surface area (Å²) in [7, 11) is 2.20. The Labute approximate surface area is 130 Å². The molecule has 21 heavy (non-hydrogen) atoms. The van der Waals surface area contributed by atoms with Crippen molar-refractivity contribution in [3.05, 3.63) is 23.9 Å². The van der Waals surface area contributed by atoms with E-state index in [1.807, 2.05) is 6.20 Å². The lowest BCUT2D eigenvalue weighted by molar-refractivity contribution is 0.340. The van der Waals surface area contributed by atoms with Crippen molar-refractivity contribution in [1.82, 2.24) is 10.3 Å². The number of hydrogen-bond donors (Lipinski definition) is 1. The highest BCUT2D eigenvalue weighted by Gasteiger charge is 2.22. The SMILES string of the molecule is CC1CCC(N(C)c2cc(CNC(C)(C)C)ccn2)CC1. The van der Waals surface area contributed by atoms with Gasteiger partial charge in [0, 0.05) is 31.4 Å². The van der Waals surface area contributed by atoms with E-state index in [1.54, 1.807) is 0 Å². The van der Waals surface area contributed by atoms with Crippen LogP contribution in [0.25, 0.3) is 0 Å². The third kappa shape index (κ3) is 4.99. The van der Waals surface area contributed by atoms with E-state index in [0.717, 1.165) is 18.3 Å². The van der Waals surface area contributed by atoms with E-state index in [4.69, 9.17) is 0 Å². The maximum absolute atomic E-state index is 4.58. The Morgan fingerprint density at radius 1 is 1.24 bits per heavy atom. The standard InChI is InChI=1S/C18H31N3/c1-14-6-8-16(9-7-14)21(5)17-12-15(10-11-19-17)13-20-18(2,3)4/h10-12,14,16,20H,6-9,13H2,1-5H3. The fraction of sp³-hybridized carbons (Fsp3) is 0.722. The molecule has 1 heterocycles. The van der Waals surface area contributed by atoms with Crippen molar-refractivity contribution < 1.29 is 0 Å². The predicted octanol–water partition coefficient (Wildman–Crippen LogP) is 3.98. The summed E-state index contributed by atoms with van der Waals surface area (Å²) < 4.78 is 0. The molecule has 118 valence electrons. The first-order valence-electron chi connectivity index (χ1n) is 8.28. The molecule has 1 aromatic heterocycles. The number of rotatable bonds is 4. The lowest BCUT2D eigenvalue weighted by atomic mass is 9.87. The van der Waals surface area contributed by atoms with E-state index in [9.17, 15) is 0 Å².